The summed E-state index contributed by atoms with van der Waals surface area (Å²) in [6.45, 7) is 10.7. The van der Waals surface area contributed by atoms with E-state index < -0.39 is 5.60 Å². The summed E-state index contributed by atoms with van der Waals surface area (Å²) in [6.07, 6.45) is 3.22. The maximum absolute atomic E-state index is 12.3. The SMILES string of the molecule is CC(C)N(CCc1noc(C2CCCCO2)n1)C(=O)OC(C)(C)C. The summed E-state index contributed by atoms with van der Waals surface area (Å²) in [6, 6.07) is 0.0351. The van der Waals surface area contributed by atoms with Crippen molar-refractivity contribution < 1.29 is 18.8 Å². The molecule has 0 saturated carbocycles. The second-order valence-electron chi connectivity index (χ2n) is 7.42. The molecule has 2 rings (SSSR count). The lowest BCUT2D eigenvalue weighted by Gasteiger charge is -2.29. The van der Waals surface area contributed by atoms with E-state index in [9.17, 15) is 4.79 Å². The minimum atomic E-state index is -0.512. The Balaban J connectivity index is 1.92. The Hall–Kier alpha value is -1.63. The molecule has 0 aliphatic carbocycles. The minimum Gasteiger partial charge on any atom is -0.444 e. The van der Waals surface area contributed by atoms with Crippen LogP contribution >= 0.6 is 0 Å². The van der Waals surface area contributed by atoms with E-state index in [4.69, 9.17) is 14.0 Å². The fourth-order valence-electron chi connectivity index (χ4n) is 2.54. The molecule has 7 heteroatoms. The molecule has 0 radical (unpaired) electrons. The van der Waals surface area contributed by atoms with Gasteiger partial charge in [-0.1, -0.05) is 5.16 Å². The van der Waals surface area contributed by atoms with Crippen molar-refractivity contribution in [3.05, 3.63) is 11.7 Å². The predicted octanol–water partition coefficient (Wildman–Crippen LogP) is 3.50. The zero-order valence-corrected chi connectivity index (χ0v) is 15.4. The number of ether oxygens (including phenoxy) is 2. The van der Waals surface area contributed by atoms with E-state index in [1.165, 1.54) is 0 Å². The van der Waals surface area contributed by atoms with Crippen LogP contribution in [0.1, 0.15) is 71.7 Å². The molecule has 0 aromatic carbocycles. The van der Waals surface area contributed by atoms with Crippen LogP contribution in [0.25, 0.3) is 0 Å². The van der Waals surface area contributed by atoms with Gasteiger partial charge in [0.2, 0.25) is 0 Å². The first-order valence-electron chi connectivity index (χ1n) is 8.70. The third kappa shape index (κ3) is 5.47. The van der Waals surface area contributed by atoms with E-state index in [0.717, 1.165) is 25.9 Å². The fourth-order valence-corrected chi connectivity index (χ4v) is 2.54. The summed E-state index contributed by atoms with van der Waals surface area (Å²) in [5, 5.41) is 4.01. The zero-order valence-electron chi connectivity index (χ0n) is 15.4. The van der Waals surface area contributed by atoms with Crippen LogP contribution in [-0.4, -0.2) is 45.9 Å². The lowest BCUT2D eigenvalue weighted by Crippen LogP contribution is -2.42. The van der Waals surface area contributed by atoms with E-state index in [2.05, 4.69) is 10.1 Å². The Bertz CT molecular complexity index is 530. The molecule has 1 saturated heterocycles. The summed E-state index contributed by atoms with van der Waals surface area (Å²) >= 11 is 0. The number of nitrogens with zero attached hydrogens (tertiary/aromatic N) is 3. The monoisotopic (exact) mass is 339 g/mol. The van der Waals surface area contributed by atoms with Crippen molar-refractivity contribution in [2.75, 3.05) is 13.2 Å². The van der Waals surface area contributed by atoms with Crippen LogP contribution < -0.4 is 0 Å². The maximum atomic E-state index is 12.3. The van der Waals surface area contributed by atoms with Crippen molar-refractivity contribution in [3.63, 3.8) is 0 Å². The topological polar surface area (TPSA) is 77.7 Å². The number of hydrogen-bond donors (Lipinski definition) is 0. The van der Waals surface area contributed by atoms with Gasteiger partial charge in [0.15, 0.2) is 5.82 Å². The number of carbonyl (C=O) groups is 1. The van der Waals surface area contributed by atoms with Gasteiger partial charge in [0.1, 0.15) is 11.7 Å². The van der Waals surface area contributed by atoms with E-state index in [-0.39, 0.29) is 18.2 Å². The van der Waals surface area contributed by atoms with Crippen LogP contribution in [0.15, 0.2) is 4.52 Å². The molecule has 0 N–H and O–H groups in total. The molecule has 2 heterocycles. The van der Waals surface area contributed by atoms with Gasteiger partial charge in [0, 0.05) is 25.6 Å². The van der Waals surface area contributed by atoms with Crippen LogP contribution in [0.2, 0.25) is 0 Å². The molecule has 0 spiro atoms. The normalized spacial score (nSPS) is 18.7. The number of rotatable bonds is 5. The third-order valence-corrected chi connectivity index (χ3v) is 3.77. The molecule has 1 aliphatic heterocycles. The predicted molar refractivity (Wildman–Crippen MR) is 88.6 cm³/mol. The van der Waals surface area contributed by atoms with Crippen molar-refractivity contribution in [1.29, 1.82) is 0 Å². The highest BCUT2D eigenvalue weighted by molar-refractivity contribution is 5.68. The molecule has 136 valence electrons. The minimum absolute atomic E-state index is 0.0351. The second-order valence-corrected chi connectivity index (χ2v) is 7.42. The van der Waals surface area contributed by atoms with E-state index in [0.29, 0.717) is 24.7 Å². The number of hydrogen-bond acceptors (Lipinski definition) is 6. The van der Waals surface area contributed by atoms with Crippen molar-refractivity contribution in [2.24, 2.45) is 0 Å². The van der Waals surface area contributed by atoms with Gasteiger partial charge < -0.3 is 18.9 Å². The van der Waals surface area contributed by atoms with Crippen LogP contribution in [0, 0.1) is 0 Å². The molecule has 24 heavy (non-hydrogen) atoms. The molecule has 1 unspecified atom stereocenters. The van der Waals surface area contributed by atoms with Crippen LogP contribution in [0.3, 0.4) is 0 Å². The van der Waals surface area contributed by atoms with E-state index in [1.807, 2.05) is 34.6 Å². The van der Waals surface area contributed by atoms with Gasteiger partial charge in [-0.25, -0.2) is 4.79 Å². The van der Waals surface area contributed by atoms with Gasteiger partial charge in [-0.3, -0.25) is 0 Å². The van der Waals surface area contributed by atoms with Gasteiger partial charge >= 0.3 is 6.09 Å². The Labute approximate surface area is 143 Å². The first kappa shape index (κ1) is 18.7. The van der Waals surface area contributed by atoms with Crippen molar-refractivity contribution >= 4 is 6.09 Å². The van der Waals surface area contributed by atoms with Crippen LogP contribution in [0.5, 0.6) is 0 Å². The van der Waals surface area contributed by atoms with E-state index >= 15 is 0 Å². The molecule has 7 nitrogen and oxygen atoms in total. The number of aromatic nitrogens is 2. The molecular weight excluding hydrogens is 310 g/mol. The average molecular weight is 339 g/mol. The third-order valence-electron chi connectivity index (χ3n) is 3.77. The largest absolute Gasteiger partial charge is 0.444 e. The lowest BCUT2D eigenvalue weighted by atomic mass is 10.1. The first-order valence-corrected chi connectivity index (χ1v) is 8.70. The first-order chi connectivity index (χ1) is 11.3. The van der Waals surface area contributed by atoms with Crippen molar-refractivity contribution in [1.82, 2.24) is 15.0 Å². The Morgan fingerprint density at radius 2 is 2.12 bits per heavy atom. The smallest absolute Gasteiger partial charge is 0.410 e. The summed E-state index contributed by atoms with van der Waals surface area (Å²) in [7, 11) is 0. The molecule has 0 bridgehead atoms. The molecule has 1 aromatic heterocycles. The highest BCUT2D eigenvalue weighted by atomic mass is 16.6. The molecular formula is C17H29N3O4. The molecule has 1 aliphatic rings. The summed E-state index contributed by atoms with van der Waals surface area (Å²) in [5.41, 5.74) is -0.512. The summed E-state index contributed by atoms with van der Waals surface area (Å²) in [5.74, 6) is 1.13. The summed E-state index contributed by atoms with van der Waals surface area (Å²) in [4.78, 5) is 18.4. The van der Waals surface area contributed by atoms with Crippen LogP contribution in [-0.2, 0) is 15.9 Å². The fraction of sp³-hybridized carbons (Fsp3) is 0.824. The summed E-state index contributed by atoms with van der Waals surface area (Å²) < 4.78 is 16.4. The van der Waals surface area contributed by atoms with Gasteiger partial charge in [-0.05, 0) is 53.9 Å². The van der Waals surface area contributed by atoms with Crippen LogP contribution in [0.4, 0.5) is 4.79 Å². The molecule has 1 aromatic rings. The standard InChI is InChI=1S/C17H29N3O4/c1-12(2)20(16(21)23-17(3,4)5)10-9-14-18-15(24-19-14)13-8-6-7-11-22-13/h12-13H,6-11H2,1-5H3. The van der Waals surface area contributed by atoms with Crippen molar-refractivity contribution in [2.45, 2.75) is 78.0 Å². The van der Waals surface area contributed by atoms with Crippen molar-refractivity contribution in [3.8, 4) is 0 Å². The number of carbonyl (C=O) groups excluding carboxylic acids is 1. The molecule has 1 atom stereocenters. The lowest BCUT2D eigenvalue weighted by molar-refractivity contribution is -0.00459. The van der Waals surface area contributed by atoms with E-state index in [1.54, 1.807) is 4.90 Å². The average Bonchev–Trinajstić information content (AvgIpc) is 2.95. The van der Waals surface area contributed by atoms with Gasteiger partial charge in [-0.2, -0.15) is 4.98 Å². The Kier molecular flexibility index (Phi) is 6.21. The zero-order chi connectivity index (χ0) is 17.7. The maximum Gasteiger partial charge on any atom is 0.410 e. The number of amides is 1. The van der Waals surface area contributed by atoms with Gasteiger partial charge in [0.25, 0.3) is 5.89 Å². The van der Waals surface area contributed by atoms with Gasteiger partial charge in [0.05, 0.1) is 0 Å². The van der Waals surface area contributed by atoms with Gasteiger partial charge in [-0.15, -0.1) is 0 Å². The Morgan fingerprint density at radius 3 is 2.71 bits per heavy atom. The highest BCUT2D eigenvalue weighted by Gasteiger charge is 2.26. The quantitative estimate of drug-likeness (QED) is 0.817. The molecule has 1 amide bonds. The Morgan fingerprint density at radius 1 is 1.38 bits per heavy atom. The second kappa shape index (κ2) is 7.96. The highest BCUT2D eigenvalue weighted by Crippen LogP contribution is 2.26. The molecule has 1 fully saturated rings.